The average molecular weight is 415 g/mol. The summed E-state index contributed by atoms with van der Waals surface area (Å²) in [6.45, 7) is 1.77. The molecule has 29 heavy (non-hydrogen) atoms. The molecule has 3 rings (SSSR count). The molecule has 2 heterocycles. The monoisotopic (exact) mass is 414 g/mol. The summed E-state index contributed by atoms with van der Waals surface area (Å²) >= 11 is 5.99. The molecule has 0 aliphatic carbocycles. The van der Waals surface area contributed by atoms with Gasteiger partial charge in [-0.15, -0.1) is 0 Å². The molecule has 0 fully saturated rings. The molecule has 0 atom stereocenters. The van der Waals surface area contributed by atoms with Gasteiger partial charge in [0.05, 0.1) is 22.5 Å². The Morgan fingerprint density at radius 1 is 1.21 bits per heavy atom. The van der Waals surface area contributed by atoms with Crippen LogP contribution in [-0.2, 0) is 0 Å². The minimum absolute atomic E-state index is 0.0717. The van der Waals surface area contributed by atoms with Crippen molar-refractivity contribution in [1.29, 1.82) is 0 Å². The number of ketones is 1. The molecular formula is C21H20ClFN4O2. The van der Waals surface area contributed by atoms with Gasteiger partial charge < -0.3 is 15.2 Å². The van der Waals surface area contributed by atoms with E-state index in [-0.39, 0.29) is 16.9 Å². The Morgan fingerprint density at radius 2 is 1.97 bits per heavy atom. The summed E-state index contributed by atoms with van der Waals surface area (Å²) in [6.07, 6.45) is 3.38. The van der Waals surface area contributed by atoms with Crippen molar-refractivity contribution < 1.29 is 9.18 Å². The molecule has 8 heteroatoms. The van der Waals surface area contributed by atoms with Crippen LogP contribution in [0.5, 0.6) is 0 Å². The van der Waals surface area contributed by atoms with Crippen molar-refractivity contribution in [2.75, 3.05) is 24.3 Å². The van der Waals surface area contributed by atoms with Gasteiger partial charge in [0.25, 0.3) is 5.56 Å². The molecule has 0 bridgehead atoms. The molecule has 0 amide bonds. The van der Waals surface area contributed by atoms with Crippen molar-refractivity contribution in [2.45, 2.75) is 13.3 Å². The third-order valence-electron chi connectivity index (χ3n) is 4.40. The fourth-order valence-corrected chi connectivity index (χ4v) is 3.11. The normalized spacial score (nSPS) is 10.7. The Balaban J connectivity index is 2.18. The molecule has 150 valence electrons. The summed E-state index contributed by atoms with van der Waals surface area (Å²) in [4.78, 5) is 33.4. The van der Waals surface area contributed by atoms with E-state index >= 15 is 0 Å². The maximum absolute atomic E-state index is 14.4. The fraction of sp³-hybridized carbons (Fsp3) is 0.190. The van der Waals surface area contributed by atoms with Gasteiger partial charge in [-0.25, -0.2) is 4.39 Å². The fourth-order valence-electron chi connectivity index (χ4n) is 2.93. The molecule has 1 aromatic carbocycles. The van der Waals surface area contributed by atoms with Crippen LogP contribution in [0.1, 0.15) is 23.7 Å². The van der Waals surface area contributed by atoms with E-state index in [2.05, 4.69) is 15.3 Å². The minimum atomic E-state index is -0.561. The quantitative estimate of drug-likeness (QED) is 0.575. The highest BCUT2D eigenvalue weighted by molar-refractivity contribution is 6.30. The second-order valence-corrected chi connectivity index (χ2v) is 7.05. The first-order valence-electron chi connectivity index (χ1n) is 8.96. The van der Waals surface area contributed by atoms with Crippen LogP contribution in [0.4, 0.5) is 21.6 Å². The minimum Gasteiger partial charge on any atom is -0.362 e. The van der Waals surface area contributed by atoms with E-state index in [1.165, 1.54) is 24.4 Å². The average Bonchev–Trinajstić information content (AvgIpc) is 2.70. The van der Waals surface area contributed by atoms with Crippen LogP contribution in [0.3, 0.4) is 0 Å². The van der Waals surface area contributed by atoms with E-state index in [1.807, 2.05) is 0 Å². The third-order valence-corrected chi connectivity index (χ3v) is 4.63. The number of H-pyrrole nitrogens is 1. The van der Waals surface area contributed by atoms with Crippen LogP contribution in [0.2, 0.25) is 5.02 Å². The highest BCUT2D eigenvalue weighted by Crippen LogP contribution is 2.31. The first kappa shape index (κ1) is 20.5. The second-order valence-electron chi connectivity index (χ2n) is 6.62. The predicted molar refractivity (Wildman–Crippen MR) is 114 cm³/mol. The Morgan fingerprint density at radius 3 is 2.66 bits per heavy atom. The predicted octanol–water partition coefficient (Wildman–Crippen LogP) is 4.63. The zero-order valence-corrected chi connectivity index (χ0v) is 17.0. The number of Topliss-reactive ketones (excluding diaryl/α,β-unsaturated/α-hetero) is 1. The van der Waals surface area contributed by atoms with Crippen LogP contribution < -0.4 is 15.8 Å². The van der Waals surface area contributed by atoms with Gasteiger partial charge in [0.15, 0.2) is 5.78 Å². The summed E-state index contributed by atoms with van der Waals surface area (Å²) in [5.74, 6) is -0.153. The van der Waals surface area contributed by atoms with Crippen LogP contribution in [0, 0.1) is 5.82 Å². The van der Waals surface area contributed by atoms with Crippen molar-refractivity contribution in [3.05, 3.63) is 69.5 Å². The van der Waals surface area contributed by atoms with Gasteiger partial charge >= 0.3 is 0 Å². The molecule has 3 aromatic rings. The number of benzene rings is 1. The highest BCUT2D eigenvalue weighted by atomic mass is 35.5. The Bertz CT molecular complexity index is 1130. The van der Waals surface area contributed by atoms with Gasteiger partial charge in [-0.1, -0.05) is 18.5 Å². The molecule has 0 saturated heterocycles. The van der Waals surface area contributed by atoms with Crippen molar-refractivity contribution in [3.8, 4) is 11.1 Å². The number of hydrogen-bond acceptors (Lipinski definition) is 5. The number of anilines is 3. The molecule has 0 aliphatic rings. The molecule has 0 saturated carbocycles. The Kier molecular flexibility index (Phi) is 5.98. The SMILES string of the molecule is CCC(=O)c1cnccc1Nc1cc(-c2cc(Cl)ccc2F)c(=O)[nH]c1N(C)C. The third kappa shape index (κ3) is 4.30. The maximum Gasteiger partial charge on any atom is 0.257 e. The summed E-state index contributed by atoms with van der Waals surface area (Å²) in [5.41, 5.74) is 1.23. The number of carbonyl (C=O) groups excluding carboxylic acids is 1. The van der Waals surface area contributed by atoms with Gasteiger partial charge in [-0.2, -0.15) is 0 Å². The number of aromatic nitrogens is 2. The molecule has 0 aliphatic heterocycles. The standard InChI is InChI=1S/C21H20ClFN4O2/c1-4-19(28)15-11-24-8-7-17(15)25-18-10-14(21(29)26-20(18)27(2)3)13-9-12(22)5-6-16(13)23/h5-11H,4H2,1-3H3,(H,24,25)(H,26,29). The Hall–Kier alpha value is -3.19. The van der Waals surface area contributed by atoms with E-state index in [1.54, 1.807) is 44.2 Å². The zero-order valence-electron chi connectivity index (χ0n) is 16.2. The summed E-state index contributed by atoms with van der Waals surface area (Å²) in [6, 6.07) is 7.25. The number of nitrogens with zero attached hydrogens (tertiary/aromatic N) is 2. The van der Waals surface area contributed by atoms with Gasteiger partial charge in [0.1, 0.15) is 11.6 Å². The second kappa shape index (κ2) is 8.45. The molecule has 0 unspecified atom stereocenters. The largest absolute Gasteiger partial charge is 0.362 e. The first-order valence-corrected chi connectivity index (χ1v) is 9.34. The lowest BCUT2D eigenvalue weighted by Crippen LogP contribution is -2.20. The highest BCUT2D eigenvalue weighted by Gasteiger charge is 2.17. The van der Waals surface area contributed by atoms with Crippen LogP contribution in [0.25, 0.3) is 11.1 Å². The van der Waals surface area contributed by atoms with Crippen molar-refractivity contribution in [2.24, 2.45) is 0 Å². The number of aromatic amines is 1. The number of carbonyl (C=O) groups is 1. The Labute approximate surface area is 172 Å². The summed E-state index contributed by atoms with van der Waals surface area (Å²) < 4.78 is 14.4. The number of halogens is 2. The lowest BCUT2D eigenvalue weighted by Gasteiger charge is -2.20. The van der Waals surface area contributed by atoms with Gasteiger partial charge in [-0.05, 0) is 30.3 Å². The van der Waals surface area contributed by atoms with Crippen LogP contribution >= 0.6 is 11.6 Å². The van der Waals surface area contributed by atoms with E-state index in [0.717, 1.165) is 0 Å². The lowest BCUT2D eigenvalue weighted by molar-refractivity contribution is 0.0988. The maximum atomic E-state index is 14.4. The van der Waals surface area contributed by atoms with Crippen molar-refractivity contribution >= 4 is 34.6 Å². The zero-order chi connectivity index (χ0) is 21.1. The number of hydrogen-bond donors (Lipinski definition) is 2. The topological polar surface area (TPSA) is 78.1 Å². The van der Waals surface area contributed by atoms with Crippen LogP contribution in [-0.4, -0.2) is 29.8 Å². The summed E-state index contributed by atoms with van der Waals surface area (Å²) in [7, 11) is 3.53. The number of pyridine rings is 2. The van der Waals surface area contributed by atoms with Crippen molar-refractivity contribution in [3.63, 3.8) is 0 Å². The molecule has 6 nitrogen and oxygen atoms in total. The molecule has 2 N–H and O–H groups in total. The van der Waals surface area contributed by atoms with Crippen LogP contribution in [0.15, 0.2) is 47.5 Å². The smallest absolute Gasteiger partial charge is 0.257 e. The van der Waals surface area contributed by atoms with Gasteiger partial charge in [-0.3, -0.25) is 14.6 Å². The molecular weight excluding hydrogens is 395 g/mol. The molecule has 2 aromatic heterocycles. The van der Waals surface area contributed by atoms with Gasteiger partial charge in [0, 0.05) is 43.5 Å². The van der Waals surface area contributed by atoms with E-state index < -0.39 is 11.4 Å². The molecule has 0 radical (unpaired) electrons. The summed E-state index contributed by atoms with van der Waals surface area (Å²) in [5, 5.41) is 3.50. The van der Waals surface area contributed by atoms with Crippen molar-refractivity contribution in [1.82, 2.24) is 9.97 Å². The number of rotatable bonds is 6. The lowest BCUT2D eigenvalue weighted by atomic mass is 10.1. The molecule has 0 spiro atoms. The number of nitrogens with one attached hydrogen (secondary N) is 2. The van der Waals surface area contributed by atoms with Gasteiger partial charge in [0.2, 0.25) is 0 Å². The van der Waals surface area contributed by atoms with E-state index in [0.29, 0.717) is 34.2 Å². The van der Waals surface area contributed by atoms with E-state index in [4.69, 9.17) is 11.6 Å². The first-order chi connectivity index (χ1) is 13.8. The van der Waals surface area contributed by atoms with E-state index in [9.17, 15) is 14.0 Å².